The average Bonchev–Trinajstić information content (AvgIpc) is 3.47. The van der Waals surface area contributed by atoms with Gasteiger partial charge in [-0.3, -0.25) is 19.2 Å². The van der Waals surface area contributed by atoms with Gasteiger partial charge in [0, 0.05) is 0 Å². The van der Waals surface area contributed by atoms with Gasteiger partial charge in [-0.05, 0) is 99.5 Å². The van der Waals surface area contributed by atoms with Crippen molar-refractivity contribution in [3.63, 3.8) is 0 Å². The van der Waals surface area contributed by atoms with Crippen molar-refractivity contribution in [2.75, 3.05) is 0 Å². The van der Waals surface area contributed by atoms with Gasteiger partial charge in [-0.1, -0.05) is 0 Å². The summed E-state index contributed by atoms with van der Waals surface area (Å²) in [5.41, 5.74) is 0. The Morgan fingerprint density at radius 3 is 1.39 bits per heavy atom. The lowest BCUT2D eigenvalue weighted by atomic mass is 9.76. The van der Waals surface area contributed by atoms with Gasteiger partial charge in [0.15, 0.2) is 16.6 Å². The summed E-state index contributed by atoms with van der Waals surface area (Å²) in [6.45, 7) is 9.20. The van der Waals surface area contributed by atoms with E-state index in [1.165, 1.54) is 0 Å². The van der Waals surface area contributed by atoms with Crippen molar-refractivity contribution < 1.29 is 32.8 Å². The van der Waals surface area contributed by atoms with Crippen LogP contribution in [-0.2, 0) is 32.8 Å². The summed E-state index contributed by atoms with van der Waals surface area (Å²) in [6.07, 6.45) is 3.99. The van der Waals surface area contributed by atoms with Gasteiger partial charge in [-0.25, -0.2) is 0 Å². The van der Waals surface area contributed by atoms with Crippen LogP contribution in [0.2, 0.25) is 38.3 Å². The zero-order chi connectivity index (χ0) is 23.4. The fraction of sp³-hybridized carbons (Fsp3) is 0.833. The molecule has 6 rings (SSSR count). The van der Waals surface area contributed by atoms with Crippen LogP contribution in [0.5, 0.6) is 0 Å². The number of rotatable bonds is 6. The minimum absolute atomic E-state index is 0.189. The molecule has 33 heavy (non-hydrogen) atoms. The largest absolute Gasteiger partial charge is 0.455 e. The minimum Gasteiger partial charge on any atom is -0.455 e. The van der Waals surface area contributed by atoms with Crippen LogP contribution < -0.4 is 0 Å². The molecule has 7 nitrogen and oxygen atoms in total. The molecule has 10 atom stereocenters. The summed E-state index contributed by atoms with van der Waals surface area (Å²) < 4.78 is 16.9. The molecule has 9 heteroatoms. The topological polar surface area (TPSA) is 96.0 Å². The molecular formula is C24H34O7Si2. The van der Waals surface area contributed by atoms with E-state index in [0.717, 1.165) is 37.8 Å². The van der Waals surface area contributed by atoms with Crippen molar-refractivity contribution in [3.8, 4) is 0 Å². The Bertz CT molecular complexity index is 871. The molecule has 4 saturated carbocycles. The molecule has 0 radical (unpaired) electrons. The number of carbonyl (C=O) groups is 4. The number of hydrogen-bond donors (Lipinski definition) is 0. The van der Waals surface area contributed by atoms with Crippen molar-refractivity contribution in [3.05, 3.63) is 0 Å². The molecule has 2 aliphatic heterocycles. The number of hydrogen-bond acceptors (Lipinski definition) is 7. The van der Waals surface area contributed by atoms with E-state index in [2.05, 4.69) is 26.2 Å². The SMILES string of the molecule is C[Si](C)(CC1CC2CC1C1C(=O)OC(=O)C21)O[Si](C)(C)CC1CC2CC1C1C(=O)OC(=O)C21. The molecule has 10 unspecified atom stereocenters. The first kappa shape index (κ1) is 22.2. The predicted molar refractivity (Wildman–Crippen MR) is 121 cm³/mol. The highest BCUT2D eigenvalue weighted by Crippen LogP contribution is 2.61. The highest BCUT2D eigenvalue weighted by molar-refractivity contribution is 6.84. The second-order valence-electron chi connectivity index (χ2n) is 12.9. The fourth-order valence-electron chi connectivity index (χ4n) is 9.34. The van der Waals surface area contributed by atoms with Crippen molar-refractivity contribution in [1.29, 1.82) is 0 Å². The van der Waals surface area contributed by atoms with Crippen LogP contribution in [-0.4, -0.2) is 40.5 Å². The quantitative estimate of drug-likeness (QED) is 0.320. The molecule has 4 bridgehead atoms. The molecule has 0 N–H and O–H groups in total. The molecule has 2 saturated heterocycles. The molecule has 180 valence electrons. The Morgan fingerprint density at radius 1 is 0.636 bits per heavy atom. The number of esters is 4. The van der Waals surface area contributed by atoms with Crippen molar-refractivity contribution in [2.24, 2.45) is 59.2 Å². The van der Waals surface area contributed by atoms with Crippen LogP contribution in [0.4, 0.5) is 0 Å². The number of ether oxygens (including phenoxy) is 2. The monoisotopic (exact) mass is 490 g/mol. The van der Waals surface area contributed by atoms with Crippen molar-refractivity contribution >= 4 is 40.5 Å². The second kappa shape index (κ2) is 7.10. The zero-order valence-electron chi connectivity index (χ0n) is 19.9. The Kier molecular flexibility index (Phi) is 4.77. The van der Waals surface area contributed by atoms with Gasteiger partial charge >= 0.3 is 23.9 Å². The fourth-order valence-corrected chi connectivity index (χ4v) is 19.5. The maximum absolute atomic E-state index is 12.3. The smallest absolute Gasteiger partial charge is 0.317 e. The van der Waals surface area contributed by atoms with E-state index in [4.69, 9.17) is 13.6 Å². The van der Waals surface area contributed by atoms with E-state index in [1.807, 2.05) is 0 Å². The Morgan fingerprint density at radius 2 is 1.00 bits per heavy atom. The molecule has 0 aromatic rings. The molecule has 2 heterocycles. The summed E-state index contributed by atoms with van der Waals surface area (Å²) in [6, 6.07) is 2.05. The second-order valence-corrected chi connectivity index (χ2v) is 21.6. The maximum Gasteiger partial charge on any atom is 0.317 e. The lowest BCUT2D eigenvalue weighted by molar-refractivity contribution is -0.156. The lowest BCUT2D eigenvalue weighted by Gasteiger charge is -2.40. The normalized spacial score (nSPS) is 45.6. The first-order valence-corrected chi connectivity index (χ1v) is 18.9. The summed E-state index contributed by atoms with van der Waals surface area (Å²) in [5.74, 6) is 0.0524. The van der Waals surface area contributed by atoms with Crippen molar-refractivity contribution in [1.82, 2.24) is 0 Å². The van der Waals surface area contributed by atoms with Gasteiger partial charge in [0.25, 0.3) is 0 Å². The zero-order valence-corrected chi connectivity index (χ0v) is 21.9. The summed E-state index contributed by atoms with van der Waals surface area (Å²) in [4.78, 5) is 48.7. The highest BCUT2D eigenvalue weighted by Gasteiger charge is 2.65. The Hall–Kier alpha value is -1.33. The van der Waals surface area contributed by atoms with E-state index in [9.17, 15) is 19.2 Å². The molecule has 0 aromatic heterocycles. The van der Waals surface area contributed by atoms with Crippen LogP contribution in [0, 0.1) is 59.2 Å². The van der Waals surface area contributed by atoms with Crippen LogP contribution in [0.3, 0.4) is 0 Å². The minimum atomic E-state index is -1.99. The molecule has 0 aromatic carbocycles. The van der Waals surface area contributed by atoms with Gasteiger partial charge in [-0.15, -0.1) is 0 Å². The molecule has 6 fully saturated rings. The van der Waals surface area contributed by atoms with Gasteiger partial charge < -0.3 is 13.6 Å². The summed E-state index contributed by atoms with van der Waals surface area (Å²) in [5, 5.41) is 0. The highest BCUT2D eigenvalue weighted by atomic mass is 28.4. The molecule has 6 aliphatic rings. The number of carbonyl (C=O) groups excluding carboxylic acids is 4. The summed E-state index contributed by atoms with van der Waals surface area (Å²) >= 11 is 0. The van der Waals surface area contributed by atoms with E-state index >= 15 is 0 Å². The van der Waals surface area contributed by atoms with Crippen LogP contribution in [0.15, 0.2) is 0 Å². The van der Waals surface area contributed by atoms with E-state index in [-0.39, 0.29) is 59.4 Å². The predicted octanol–water partition coefficient (Wildman–Crippen LogP) is 3.36. The van der Waals surface area contributed by atoms with Gasteiger partial charge in [0.05, 0.1) is 23.7 Å². The van der Waals surface area contributed by atoms with E-state index in [1.54, 1.807) is 0 Å². The molecule has 0 spiro atoms. The Labute approximate surface area is 196 Å². The third-order valence-corrected chi connectivity index (χ3v) is 17.3. The number of fused-ring (bicyclic) bond motifs is 10. The molecule has 0 amide bonds. The van der Waals surface area contributed by atoms with Crippen LogP contribution in [0.25, 0.3) is 0 Å². The van der Waals surface area contributed by atoms with Gasteiger partial charge in [0.2, 0.25) is 0 Å². The first-order valence-electron chi connectivity index (χ1n) is 12.7. The molecule has 4 aliphatic carbocycles. The summed E-state index contributed by atoms with van der Waals surface area (Å²) in [7, 11) is -3.98. The third kappa shape index (κ3) is 3.36. The van der Waals surface area contributed by atoms with Crippen LogP contribution >= 0.6 is 0 Å². The van der Waals surface area contributed by atoms with Crippen LogP contribution in [0.1, 0.15) is 25.7 Å². The third-order valence-electron chi connectivity index (χ3n) is 9.84. The first-order chi connectivity index (χ1) is 15.4. The Balaban J connectivity index is 1.09. The number of cyclic esters (lactones) is 4. The van der Waals surface area contributed by atoms with E-state index in [0.29, 0.717) is 23.7 Å². The molecular weight excluding hydrogens is 456 g/mol. The van der Waals surface area contributed by atoms with Crippen molar-refractivity contribution in [2.45, 2.75) is 64.0 Å². The van der Waals surface area contributed by atoms with E-state index < -0.39 is 16.6 Å². The van der Waals surface area contributed by atoms with Gasteiger partial charge in [0.1, 0.15) is 0 Å². The maximum atomic E-state index is 12.3. The standard InChI is InChI=1S/C24H34O7Si2/c1-32(2,9-13-5-11-7-15(13)19-17(11)21(25)29-23(19)27)31-33(3,4)10-14-6-12-8-16(14)20-18(12)22(26)30-24(20)28/h11-20H,5-10H2,1-4H3. The lowest BCUT2D eigenvalue weighted by Crippen LogP contribution is -2.48. The van der Waals surface area contributed by atoms with Gasteiger partial charge in [-0.2, -0.15) is 0 Å². The average molecular weight is 491 g/mol.